The smallest absolute Gasteiger partial charge is 0.0706 e. The summed E-state index contributed by atoms with van der Waals surface area (Å²) in [7, 11) is 0. The van der Waals surface area contributed by atoms with Gasteiger partial charge >= 0.3 is 0 Å². The highest BCUT2D eigenvalue weighted by Gasteiger charge is 2.66. The summed E-state index contributed by atoms with van der Waals surface area (Å²) in [5.74, 6) is 1.55. The molecule has 3 rings (SSSR count). The highest BCUT2D eigenvalue weighted by atomic mass is 16.3. The third kappa shape index (κ3) is 0.783. The first-order valence-corrected chi connectivity index (χ1v) is 5.39. The molecule has 3 saturated carbocycles. The van der Waals surface area contributed by atoms with Crippen molar-refractivity contribution in [1.29, 1.82) is 0 Å². The molecule has 0 aromatic heterocycles. The molecule has 0 aromatic carbocycles. The SMILES string of the molecule is CC(O)(C1CC1)C1(C2CC2)CC1. The van der Waals surface area contributed by atoms with Gasteiger partial charge in [-0.15, -0.1) is 0 Å². The first-order valence-electron chi connectivity index (χ1n) is 5.39. The van der Waals surface area contributed by atoms with E-state index in [1.165, 1.54) is 38.5 Å². The second-order valence-corrected chi connectivity index (χ2v) is 5.35. The van der Waals surface area contributed by atoms with Gasteiger partial charge < -0.3 is 5.11 Å². The van der Waals surface area contributed by atoms with Crippen molar-refractivity contribution in [3.63, 3.8) is 0 Å². The van der Waals surface area contributed by atoms with Crippen molar-refractivity contribution in [3.8, 4) is 0 Å². The van der Waals surface area contributed by atoms with Crippen molar-refractivity contribution in [2.24, 2.45) is 17.3 Å². The summed E-state index contributed by atoms with van der Waals surface area (Å²) < 4.78 is 0. The van der Waals surface area contributed by atoms with Gasteiger partial charge in [0.15, 0.2) is 0 Å². The molecule has 0 aromatic rings. The van der Waals surface area contributed by atoms with E-state index >= 15 is 0 Å². The van der Waals surface area contributed by atoms with Crippen molar-refractivity contribution in [2.75, 3.05) is 0 Å². The number of aliphatic hydroxyl groups is 1. The van der Waals surface area contributed by atoms with Crippen LogP contribution in [0.3, 0.4) is 0 Å². The third-order valence-electron chi connectivity index (χ3n) is 4.53. The zero-order valence-electron chi connectivity index (χ0n) is 7.84. The topological polar surface area (TPSA) is 20.2 Å². The molecule has 0 saturated heterocycles. The van der Waals surface area contributed by atoms with Crippen LogP contribution in [0.4, 0.5) is 0 Å². The van der Waals surface area contributed by atoms with E-state index in [2.05, 4.69) is 6.92 Å². The highest BCUT2D eigenvalue weighted by molar-refractivity contribution is 5.17. The van der Waals surface area contributed by atoms with Crippen LogP contribution in [-0.4, -0.2) is 10.7 Å². The average Bonchev–Trinajstić information content (AvgIpc) is 2.85. The largest absolute Gasteiger partial charge is 0.389 e. The summed E-state index contributed by atoms with van der Waals surface area (Å²) in [6.07, 6.45) is 7.96. The molecule has 3 aliphatic rings. The quantitative estimate of drug-likeness (QED) is 0.682. The monoisotopic (exact) mass is 166 g/mol. The molecule has 3 aliphatic carbocycles. The number of hydrogen-bond donors (Lipinski definition) is 1. The van der Waals surface area contributed by atoms with Gasteiger partial charge in [0.25, 0.3) is 0 Å². The van der Waals surface area contributed by atoms with Gasteiger partial charge in [0, 0.05) is 5.41 Å². The van der Waals surface area contributed by atoms with Crippen LogP contribution in [0.25, 0.3) is 0 Å². The van der Waals surface area contributed by atoms with Gasteiger partial charge in [-0.1, -0.05) is 0 Å². The van der Waals surface area contributed by atoms with Crippen LogP contribution in [0, 0.1) is 17.3 Å². The van der Waals surface area contributed by atoms with E-state index in [9.17, 15) is 5.11 Å². The normalized spacial score (nSPS) is 37.5. The second-order valence-electron chi connectivity index (χ2n) is 5.35. The summed E-state index contributed by atoms with van der Waals surface area (Å²) in [6.45, 7) is 2.11. The van der Waals surface area contributed by atoms with Crippen LogP contribution in [0.15, 0.2) is 0 Å². The van der Waals surface area contributed by atoms with Crippen molar-refractivity contribution in [1.82, 2.24) is 0 Å². The Morgan fingerprint density at radius 3 is 2.08 bits per heavy atom. The van der Waals surface area contributed by atoms with Gasteiger partial charge in [-0.2, -0.15) is 0 Å². The van der Waals surface area contributed by atoms with Crippen molar-refractivity contribution < 1.29 is 5.11 Å². The molecule has 1 heteroatoms. The van der Waals surface area contributed by atoms with Crippen LogP contribution in [0.1, 0.15) is 45.4 Å². The van der Waals surface area contributed by atoms with Gasteiger partial charge in [0.05, 0.1) is 5.60 Å². The minimum Gasteiger partial charge on any atom is -0.389 e. The van der Waals surface area contributed by atoms with Crippen molar-refractivity contribution in [2.45, 2.75) is 51.0 Å². The fourth-order valence-electron chi connectivity index (χ4n) is 3.15. The second kappa shape index (κ2) is 1.89. The molecule has 0 bridgehead atoms. The Labute approximate surface area is 74.2 Å². The number of rotatable bonds is 3. The third-order valence-corrected chi connectivity index (χ3v) is 4.53. The summed E-state index contributed by atoms with van der Waals surface area (Å²) in [5.41, 5.74) is 0.0995. The van der Waals surface area contributed by atoms with Gasteiger partial charge in [-0.05, 0) is 57.3 Å². The van der Waals surface area contributed by atoms with Crippen LogP contribution in [0.5, 0.6) is 0 Å². The standard InChI is InChI=1S/C11H18O/c1-10(12,8-2-3-8)11(6-7-11)9-4-5-9/h8-9,12H,2-7H2,1H3. The van der Waals surface area contributed by atoms with Crippen LogP contribution >= 0.6 is 0 Å². The first-order chi connectivity index (χ1) is 5.67. The minimum absolute atomic E-state index is 0.297. The molecule has 0 aliphatic heterocycles. The molecule has 0 spiro atoms. The first kappa shape index (κ1) is 7.37. The fraction of sp³-hybridized carbons (Fsp3) is 1.00. The molecule has 1 nitrogen and oxygen atoms in total. The molecular formula is C11H18O. The van der Waals surface area contributed by atoms with Gasteiger partial charge in [-0.25, -0.2) is 0 Å². The Kier molecular flexibility index (Phi) is 1.16. The molecule has 0 amide bonds. The molecule has 12 heavy (non-hydrogen) atoms. The Bertz CT molecular complexity index is 195. The maximum Gasteiger partial charge on any atom is 0.0706 e. The predicted octanol–water partition coefficient (Wildman–Crippen LogP) is 2.34. The molecular weight excluding hydrogens is 148 g/mol. The number of hydrogen-bond acceptors (Lipinski definition) is 1. The van der Waals surface area contributed by atoms with Crippen LogP contribution < -0.4 is 0 Å². The minimum atomic E-state index is -0.297. The predicted molar refractivity (Wildman–Crippen MR) is 47.7 cm³/mol. The van der Waals surface area contributed by atoms with Gasteiger partial charge in [0.2, 0.25) is 0 Å². The zero-order chi connectivity index (χ0) is 8.40. The maximum absolute atomic E-state index is 10.5. The zero-order valence-corrected chi connectivity index (χ0v) is 7.84. The van der Waals surface area contributed by atoms with Gasteiger partial charge in [0.1, 0.15) is 0 Å². The fourth-order valence-corrected chi connectivity index (χ4v) is 3.15. The van der Waals surface area contributed by atoms with E-state index in [1.807, 2.05) is 0 Å². The summed E-state index contributed by atoms with van der Waals surface area (Å²) in [5, 5.41) is 10.5. The van der Waals surface area contributed by atoms with E-state index in [-0.39, 0.29) is 5.60 Å². The van der Waals surface area contributed by atoms with Crippen LogP contribution in [0.2, 0.25) is 0 Å². The van der Waals surface area contributed by atoms with E-state index < -0.39 is 0 Å². The van der Waals surface area contributed by atoms with E-state index in [0.29, 0.717) is 11.3 Å². The van der Waals surface area contributed by atoms with E-state index in [4.69, 9.17) is 0 Å². The lowest BCUT2D eigenvalue weighted by Crippen LogP contribution is -2.40. The Balaban J connectivity index is 1.84. The summed E-state index contributed by atoms with van der Waals surface area (Å²) in [4.78, 5) is 0. The van der Waals surface area contributed by atoms with Gasteiger partial charge in [-0.3, -0.25) is 0 Å². The molecule has 1 atom stereocenters. The molecule has 0 heterocycles. The lowest BCUT2D eigenvalue weighted by molar-refractivity contribution is -0.0461. The molecule has 0 radical (unpaired) electrons. The molecule has 1 N–H and O–H groups in total. The van der Waals surface area contributed by atoms with E-state index in [0.717, 1.165) is 5.92 Å². The van der Waals surface area contributed by atoms with E-state index in [1.54, 1.807) is 0 Å². The van der Waals surface area contributed by atoms with Crippen LogP contribution in [-0.2, 0) is 0 Å². The molecule has 68 valence electrons. The average molecular weight is 166 g/mol. The van der Waals surface area contributed by atoms with Crippen molar-refractivity contribution >= 4 is 0 Å². The lowest BCUT2D eigenvalue weighted by Gasteiger charge is -2.34. The Morgan fingerprint density at radius 2 is 1.75 bits per heavy atom. The summed E-state index contributed by atoms with van der Waals surface area (Å²) >= 11 is 0. The van der Waals surface area contributed by atoms with Crippen molar-refractivity contribution in [3.05, 3.63) is 0 Å². The Morgan fingerprint density at radius 1 is 1.17 bits per heavy atom. The summed E-state index contributed by atoms with van der Waals surface area (Å²) in [6, 6.07) is 0. The Hall–Kier alpha value is -0.0400. The lowest BCUT2D eigenvalue weighted by atomic mass is 9.78. The molecule has 1 unspecified atom stereocenters. The molecule has 3 fully saturated rings. The maximum atomic E-state index is 10.5. The highest BCUT2D eigenvalue weighted by Crippen LogP contribution is 2.70.